The van der Waals surface area contributed by atoms with Crippen molar-refractivity contribution in [3.8, 4) is 0 Å². The van der Waals surface area contributed by atoms with E-state index in [4.69, 9.17) is 0 Å². The van der Waals surface area contributed by atoms with Gasteiger partial charge in [-0.2, -0.15) is 0 Å². The molecule has 4 atom stereocenters. The Morgan fingerprint density at radius 1 is 0.579 bits per heavy atom. The van der Waals surface area contributed by atoms with Gasteiger partial charge >= 0.3 is 11.9 Å². The number of ketones is 4. The van der Waals surface area contributed by atoms with E-state index in [1.54, 1.807) is 60.7 Å². The van der Waals surface area contributed by atoms with Gasteiger partial charge in [0.05, 0.1) is 23.7 Å². The van der Waals surface area contributed by atoms with Crippen LogP contribution < -0.4 is 0 Å². The molecule has 2 rings (SSSR count). The van der Waals surface area contributed by atoms with E-state index in [0.717, 1.165) is 0 Å². The highest BCUT2D eigenvalue weighted by molar-refractivity contribution is 6.10. The van der Waals surface area contributed by atoms with Gasteiger partial charge < -0.3 is 10.2 Å². The van der Waals surface area contributed by atoms with Crippen LogP contribution in [0, 0.1) is 23.7 Å². The average molecular weight is 523 g/mol. The van der Waals surface area contributed by atoms with Gasteiger partial charge in [0, 0.05) is 11.1 Å². The number of hydrogen-bond acceptors (Lipinski definition) is 6. The molecule has 0 amide bonds. The molecular weight excluding hydrogens is 488 g/mol. The number of unbranched alkanes of at least 4 members (excludes halogenated alkanes) is 1. The van der Waals surface area contributed by atoms with Gasteiger partial charge in [-0.25, -0.2) is 0 Å². The van der Waals surface area contributed by atoms with Gasteiger partial charge in [-0.05, 0) is 39.5 Å². The third-order valence-electron chi connectivity index (χ3n) is 6.83. The van der Waals surface area contributed by atoms with Crippen LogP contribution in [0.5, 0.6) is 0 Å². The van der Waals surface area contributed by atoms with Gasteiger partial charge in [0.1, 0.15) is 11.6 Å². The molecule has 0 fully saturated rings. The highest BCUT2D eigenvalue weighted by atomic mass is 16.4. The second-order valence-electron chi connectivity index (χ2n) is 9.61. The average Bonchev–Trinajstić information content (AvgIpc) is 2.89. The minimum absolute atomic E-state index is 0.140. The third-order valence-corrected chi connectivity index (χ3v) is 6.83. The van der Waals surface area contributed by atoms with Gasteiger partial charge in [0.25, 0.3) is 0 Å². The summed E-state index contributed by atoms with van der Waals surface area (Å²) >= 11 is 0. The molecule has 4 unspecified atom stereocenters. The summed E-state index contributed by atoms with van der Waals surface area (Å²) in [5.74, 6) is -7.98. The highest BCUT2D eigenvalue weighted by Crippen LogP contribution is 2.27. The van der Waals surface area contributed by atoms with E-state index in [0.29, 0.717) is 24.0 Å². The second-order valence-corrected chi connectivity index (χ2v) is 9.61. The van der Waals surface area contributed by atoms with Crippen LogP contribution in [0.3, 0.4) is 0 Å². The molecule has 2 aromatic rings. The molecule has 0 aromatic heterocycles. The quantitative estimate of drug-likeness (QED) is 0.170. The van der Waals surface area contributed by atoms with Gasteiger partial charge in [-0.15, -0.1) is 0 Å². The Morgan fingerprint density at radius 3 is 1.16 bits per heavy atom. The maximum atomic E-state index is 12.8. The van der Waals surface area contributed by atoms with Crippen LogP contribution >= 0.6 is 0 Å². The zero-order chi connectivity index (χ0) is 28.2. The number of benzene rings is 2. The molecule has 2 N–H and O–H groups in total. The van der Waals surface area contributed by atoms with Crippen molar-refractivity contribution in [2.75, 3.05) is 0 Å². The number of Topliss-reactive ketones (excluding diaryl/α,β-unsaturated/α-hetero) is 4. The molecule has 0 saturated heterocycles. The third kappa shape index (κ3) is 8.87. The molecule has 38 heavy (non-hydrogen) atoms. The normalized spacial score (nSPS) is 14.1. The van der Waals surface area contributed by atoms with E-state index >= 15 is 0 Å². The lowest BCUT2D eigenvalue weighted by atomic mass is 9.82. The van der Waals surface area contributed by atoms with Gasteiger partial charge in [-0.1, -0.05) is 73.5 Å². The first kappa shape index (κ1) is 30.3. The predicted octanol–water partition coefficient (Wildman–Crippen LogP) is 4.90. The van der Waals surface area contributed by atoms with Crippen LogP contribution in [0.2, 0.25) is 0 Å². The number of hydrogen-bond donors (Lipinski definition) is 2. The fourth-order valence-corrected chi connectivity index (χ4v) is 4.56. The summed E-state index contributed by atoms with van der Waals surface area (Å²) in [6, 6.07) is 16.5. The molecule has 8 nitrogen and oxygen atoms in total. The van der Waals surface area contributed by atoms with Crippen molar-refractivity contribution < 1.29 is 39.0 Å². The van der Waals surface area contributed by atoms with Gasteiger partial charge in [0.15, 0.2) is 11.6 Å². The van der Waals surface area contributed by atoms with E-state index in [1.807, 2.05) is 0 Å². The standard InChI is InChI=1S/C30H34O8/c1-19(31)25(27(33)21-11-5-3-6-12-21)17-23(29(35)36)15-9-10-16-24(30(37)38)18-26(20(2)32)28(34)22-13-7-4-8-14-22/h3-8,11-14,23-26H,9-10,15-18H2,1-2H3,(H,35,36)(H,37,38). The molecule has 0 saturated carbocycles. The van der Waals surface area contributed by atoms with Crippen molar-refractivity contribution in [2.45, 2.75) is 52.4 Å². The van der Waals surface area contributed by atoms with Crippen LogP contribution in [-0.4, -0.2) is 45.3 Å². The molecule has 2 aromatic carbocycles. The summed E-state index contributed by atoms with van der Waals surface area (Å²) < 4.78 is 0. The Morgan fingerprint density at radius 2 is 0.895 bits per heavy atom. The minimum Gasteiger partial charge on any atom is -0.481 e. The molecule has 0 radical (unpaired) electrons. The molecule has 0 bridgehead atoms. The van der Waals surface area contributed by atoms with Crippen molar-refractivity contribution in [1.29, 1.82) is 0 Å². The zero-order valence-corrected chi connectivity index (χ0v) is 21.7. The molecule has 0 aliphatic rings. The zero-order valence-electron chi connectivity index (χ0n) is 21.7. The minimum atomic E-state index is -1.13. The second kappa shape index (κ2) is 14.7. The van der Waals surface area contributed by atoms with Crippen molar-refractivity contribution in [1.82, 2.24) is 0 Å². The van der Waals surface area contributed by atoms with Crippen molar-refractivity contribution >= 4 is 35.1 Å². The van der Waals surface area contributed by atoms with Crippen molar-refractivity contribution in [3.63, 3.8) is 0 Å². The Balaban J connectivity index is 2.00. The van der Waals surface area contributed by atoms with Crippen LogP contribution in [0.25, 0.3) is 0 Å². The van der Waals surface area contributed by atoms with Crippen LogP contribution in [-0.2, 0) is 19.2 Å². The van der Waals surface area contributed by atoms with Gasteiger partial charge in [0.2, 0.25) is 0 Å². The highest BCUT2D eigenvalue weighted by Gasteiger charge is 2.32. The number of carboxylic acids is 2. The Bertz CT molecular complexity index is 1050. The molecule has 0 spiro atoms. The van der Waals surface area contributed by atoms with E-state index in [9.17, 15) is 39.0 Å². The van der Waals surface area contributed by atoms with Crippen molar-refractivity contribution in [2.24, 2.45) is 23.7 Å². The summed E-state index contributed by atoms with van der Waals surface area (Å²) in [6.45, 7) is 2.54. The lowest BCUT2D eigenvalue weighted by Gasteiger charge is -2.20. The first-order valence-corrected chi connectivity index (χ1v) is 12.7. The Hall–Kier alpha value is -3.94. The summed E-state index contributed by atoms with van der Waals surface area (Å²) in [6.07, 6.45) is 0.737. The fraction of sp³-hybridized carbons (Fsp3) is 0.400. The number of carbonyl (C=O) groups excluding carboxylic acids is 4. The molecular formula is C30H34O8. The summed E-state index contributed by atoms with van der Waals surface area (Å²) in [4.78, 5) is 73.8. The monoisotopic (exact) mass is 522 g/mol. The predicted molar refractivity (Wildman–Crippen MR) is 140 cm³/mol. The lowest BCUT2D eigenvalue weighted by Crippen LogP contribution is -2.28. The van der Waals surface area contributed by atoms with E-state index in [1.165, 1.54) is 13.8 Å². The van der Waals surface area contributed by atoms with Crippen LogP contribution in [0.4, 0.5) is 0 Å². The van der Waals surface area contributed by atoms with E-state index < -0.39 is 58.7 Å². The summed E-state index contributed by atoms with van der Waals surface area (Å²) in [5, 5.41) is 19.4. The smallest absolute Gasteiger partial charge is 0.306 e. The lowest BCUT2D eigenvalue weighted by molar-refractivity contribution is -0.144. The topological polar surface area (TPSA) is 143 Å². The SMILES string of the molecule is CC(=O)C(CC(CCCCC(CC(C(C)=O)C(=O)c1ccccc1)C(=O)O)C(=O)O)C(=O)c1ccccc1. The summed E-state index contributed by atoms with van der Waals surface area (Å²) in [5.41, 5.74) is 0.678. The number of carboxylic acid groups (broad SMARTS) is 2. The number of aliphatic carboxylic acids is 2. The van der Waals surface area contributed by atoms with Crippen molar-refractivity contribution in [3.05, 3.63) is 71.8 Å². The maximum Gasteiger partial charge on any atom is 0.306 e. The van der Waals surface area contributed by atoms with Gasteiger partial charge in [-0.3, -0.25) is 28.8 Å². The molecule has 0 heterocycles. The fourth-order valence-electron chi connectivity index (χ4n) is 4.56. The first-order valence-electron chi connectivity index (χ1n) is 12.7. The Kier molecular flexibility index (Phi) is 11.7. The molecule has 8 heteroatoms. The summed E-state index contributed by atoms with van der Waals surface area (Å²) in [7, 11) is 0. The van der Waals surface area contributed by atoms with E-state index in [-0.39, 0.29) is 25.7 Å². The number of carbonyl (C=O) groups is 6. The molecule has 0 aliphatic carbocycles. The molecule has 0 aliphatic heterocycles. The molecule has 202 valence electrons. The van der Waals surface area contributed by atoms with Crippen LogP contribution in [0.15, 0.2) is 60.7 Å². The largest absolute Gasteiger partial charge is 0.481 e. The first-order chi connectivity index (χ1) is 18.0. The number of rotatable bonds is 17. The van der Waals surface area contributed by atoms with Crippen LogP contribution in [0.1, 0.15) is 73.1 Å². The maximum absolute atomic E-state index is 12.8. The van der Waals surface area contributed by atoms with E-state index in [2.05, 4.69) is 0 Å². The Labute approximate surface area is 222 Å².